The molecule has 0 unspecified atom stereocenters. The van der Waals surface area contributed by atoms with Crippen LogP contribution >= 0.6 is 0 Å². The van der Waals surface area contributed by atoms with Crippen molar-refractivity contribution in [2.45, 2.75) is 52.0 Å². The lowest BCUT2D eigenvalue weighted by molar-refractivity contribution is 0.0982. The van der Waals surface area contributed by atoms with E-state index in [9.17, 15) is 4.79 Å². The third-order valence-electron chi connectivity index (χ3n) is 3.58. The molecular formula is C16H23NO. The van der Waals surface area contributed by atoms with E-state index >= 15 is 0 Å². The fourth-order valence-electron chi connectivity index (χ4n) is 2.53. The summed E-state index contributed by atoms with van der Waals surface area (Å²) in [7, 11) is 0. The first-order chi connectivity index (χ1) is 8.66. The number of Topliss-reactive ketones (excluding diaryl/α,β-unsaturated/α-hetero) is 1. The van der Waals surface area contributed by atoms with Crippen LogP contribution in [0.5, 0.6) is 0 Å². The summed E-state index contributed by atoms with van der Waals surface area (Å²) in [6, 6.07) is 6.72. The lowest BCUT2D eigenvalue weighted by atomic mass is 9.89. The lowest BCUT2D eigenvalue weighted by Gasteiger charge is -2.16. The van der Waals surface area contributed by atoms with Gasteiger partial charge in [0.2, 0.25) is 0 Å². The molecule has 0 atom stereocenters. The number of fused-ring (bicyclic) bond motifs is 1. The minimum atomic E-state index is 0.261. The van der Waals surface area contributed by atoms with Crippen LogP contribution < -0.4 is 5.32 Å². The van der Waals surface area contributed by atoms with Gasteiger partial charge in [-0.1, -0.05) is 26.0 Å². The number of carbonyl (C=O) groups is 1. The third kappa shape index (κ3) is 3.42. The molecule has 0 spiro atoms. The Morgan fingerprint density at radius 3 is 2.67 bits per heavy atom. The molecule has 1 aliphatic carbocycles. The Kier molecular flexibility index (Phi) is 4.54. The second-order valence-corrected chi connectivity index (χ2v) is 5.47. The van der Waals surface area contributed by atoms with E-state index in [4.69, 9.17) is 0 Å². The molecule has 0 radical (unpaired) electrons. The number of aryl methyl sites for hydroxylation is 2. The molecule has 2 rings (SSSR count). The molecule has 0 saturated carbocycles. The molecule has 2 heteroatoms. The summed E-state index contributed by atoms with van der Waals surface area (Å²) >= 11 is 0. The van der Waals surface area contributed by atoms with E-state index in [1.54, 1.807) is 0 Å². The van der Waals surface area contributed by atoms with Gasteiger partial charge in [0.15, 0.2) is 5.78 Å². The molecule has 0 aliphatic heterocycles. The lowest BCUT2D eigenvalue weighted by Crippen LogP contribution is -2.25. The van der Waals surface area contributed by atoms with Gasteiger partial charge in [0.25, 0.3) is 0 Å². The topological polar surface area (TPSA) is 29.1 Å². The molecule has 0 heterocycles. The summed E-state index contributed by atoms with van der Waals surface area (Å²) in [5.74, 6) is 0.261. The number of rotatable bonds is 5. The maximum absolute atomic E-state index is 12.1. The summed E-state index contributed by atoms with van der Waals surface area (Å²) in [5, 5.41) is 3.29. The van der Waals surface area contributed by atoms with Crippen LogP contribution in [0.3, 0.4) is 0 Å². The normalized spacial score (nSPS) is 14.6. The molecule has 98 valence electrons. The SMILES string of the molecule is CC(C)NCCC(=O)c1ccc2c(c1)CCCC2. The number of hydrogen-bond donors (Lipinski definition) is 1. The van der Waals surface area contributed by atoms with Crippen LogP contribution in [0.15, 0.2) is 18.2 Å². The standard InChI is InChI=1S/C16H23NO/c1-12(2)17-10-9-16(18)15-8-7-13-5-3-4-6-14(13)11-15/h7-8,11-12,17H,3-6,9-10H2,1-2H3. The maximum Gasteiger partial charge on any atom is 0.164 e. The van der Waals surface area contributed by atoms with Gasteiger partial charge >= 0.3 is 0 Å². The fourth-order valence-corrected chi connectivity index (χ4v) is 2.53. The molecular weight excluding hydrogens is 222 g/mol. The first kappa shape index (κ1) is 13.3. The molecule has 18 heavy (non-hydrogen) atoms. The first-order valence-electron chi connectivity index (χ1n) is 7.05. The number of benzene rings is 1. The van der Waals surface area contributed by atoms with Gasteiger partial charge in [-0.25, -0.2) is 0 Å². The molecule has 0 bridgehead atoms. The van der Waals surface area contributed by atoms with E-state index in [0.29, 0.717) is 12.5 Å². The zero-order chi connectivity index (χ0) is 13.0. The monoisotopic (exact) mass is 245 g/mol. The molecule has 0 aromatic heterocycles. The largest absolute Gasteiger partial charge is 0.314 e. The van der Waals surface area contributed by atoms with E-state index in [0.717, 1.165) is 18.5 Å². The van der Waals surface area contributed by atoms with Crippen LogP contribution in [-0.4, -0.2) is 18.4 Å². The van der Waals surface area contributed by atoms with Crippen molar-refractivity contribution in [2.75, 3.05) is 6.54 Å². The highest BCUT2D eigenvalue weighted by Gasteiger charge is 2.12. The fraction of sp³-hybridized carbons (Fsp3) is 0.562. The Morgan fingerprint density at radius 2 is 1.94 bits per heavy atom. The van der Waals surface area contributed by atoms with Crippen molar-refractivity contribution in [3.8, 4) is 0 Å². The summed E-state index contributed by atoms with van der Waals surface area (Å²) in [5.41, 5.74) is 3.73. The van der Waals surface area contributed by atoms with Crippen LogP contribution in [0.1, 0.15) is 54.6 Å². The van der Waals surface area contributed by atoms with E-state index in [2.05, 4.69) is 31.3 Å². The van der Waals surface area contributed by atoms with Gasteiger partial charge in [0.05, 0.1) is 0 Å². The summed E-state index contributed by atoms with van der Waals surface area (Å²) in [6.45, 7) is 4.97. The zero-order valence-electron chi connectivity index (χ0n) is 11.5. The first-order valence-corrected chi connectivity index (χ1v) is 7.05. The average Bonchev–Trinajstić information content (AvgIpc) is 2.37. The number of hydrogen-bond acceptors (Lipinski definition) is 2. The number of ketones is 1. The van der Waals surface area contributed by atoms with Crippen LogP contribution in [-0.2, 0) is 12.8 Å². The highest BCUT2D eigenvalue weighted by molar-refractivity contribution is 5.96. The van der Waals surface area contributed by atoms with Crippen LogP contribution in [0, 0.1) is 0 Å². The maximum atomic E-state index is 12.1. The number of carbonyl (C=O) groups excluding carboxylic acids is 1. The van der Waals surface area contributed by atoms with Gasteiger partial charge in [-0.2, -0.15) is 0 Å². The predicted molar refractivity (Wildman–Crippen MR) is 75.2 cm³/mol. The van der Waals surface area contributed by atoms with Gasteiger partial charge < -0.3 is 5.32 Å². The number of nitrogens with one attached hydrogen (secondary N) is 1. The second-order valence-electron chi connectivity index (χ2n) is 5.47. The molecule has 0 saturated heterocycles. The van der Waals surface area contributed by atoms with Crippen molar-refractivity contribution in [2.24, 2.45) is 0 Å². The van der Waals surface area contributed by atoms with Crippen molar-refractivity contribution in [3.05, 3.63) is 34.9 Å². The van der Waals surface area contributed by atoms with Crippen LogP contribution in [0.2, 0.25) is 0 Å². The van der Waals surface area contributed by atoms with Gasteiger partial charge in [-0.3, -0.25) is 4.79 Å². The smallest absolute Gasteiger partial charge is 0.164 e. The molecule has 1 aromatic rings. The highest BCUT2D eigenvalue weighted by atomic mass is 16.1. The van der Waals surface area contributed by atoms with Crippen molar-refractivity contribution >= 4 is 5.78 Å². The molecule has 1 N–H and O–H groups in total. The Hall–Kier alpha value is -1.15. The van der Waals surface area contributed by atoms with E-state index in [1.165, 1.54) is 30.4 Å². The summed E-state index contributed by atoms with van der Waals surface area (Å²) < 4.78 is 0. The van der Waals surface area contributed by atoms with Gasteiger partial charge in [0, 0.05) is 24.6 Å². The Balaban J connectivity index is 1.98. The van der Waals surface area contributed by atoms with Crippen molar-refractivity contribution in [1.82, 2.24) is 5.32 Å². The molecule has 2 nitrogen and oxygen atoms in total. The zero-order valence-corrected chi connectivity index (χ0v) is 11.5. The Labute approximate surface area is 110 Å². The van der Waals surface area contributed by atoms with E-state index in [1.807, 2.05) is 6.07 Å². The molecule has 0 amide bonds. The summed E-state index contributed by atoms with van der Waals surface area (Å²) in [4.78, 5) is 12.1. The van der Waals surface area contributed by atoms with E-state index < -0.39 is 0 Å². The van der Waals surface area contributed by atoms with Gasteiger partial charge in [-0.15, -0.1) is 0 Å². The van der Waals surface area contributed by atoms with Crippen molar-refractivity contribution < 1.29 is 4.79 Å². The minimum Gasteiger partial charge on any atom is -0.314 e. The summed E-state index contributed by atoms with van der Waals surface area (Å²) in [6.07, 6.45) is 5.47. The molecule has 1 aliphatic rings. The quantitative estimate of drug-likeness (QED) is 0.807. The minimum absolute atomic E-state index is 0.261. The van der Waals surface area contributed by atoms with Gasteiger partial charge in [0.1, 0.15) is 0 Å². The third-order valence-corrected chi connectivity index (χ3v) is 3.58. The highest BCUT2D eigenvalue weighted by Crippen LogP contribution is 2.22. The molecule has 1 aromatic carbocycles. The van der Waals surface area contributed by atoms with Crippen LogP contribution in [0.25, 0.3) is 0 Å². The van der Waals surface area contributed by atoms with Gasteiger partial charge in [-0.05, 0) is 42.9 Å². The predicted octanol–water partition coefficient (Wildman–Crippen LogP) is 3.14. The molecule has 0 fully saturated rings. The second kappa shape index (κ2) is 6.14. The van der Waals surface area contributed by atoms with Crippen molar-refractivity contribution in [1.29, 1.82) is 0 Å². The Morgan fingerprint density at radius 1 is 1.22 bits per heavy atom. The van der Waals surface area contributed by atoms with Crippen LogP contribution in [0.4, 0.5) is 0 Å². The average molecular weight is 245 g/mol. The Bertz CT molecular complexity index is 423. The van der Waals surface area contributed by atoms with E-state index in [-0.39, 0.29) is 5.78 Å². The van der Waals surface area contributed by atoms with Crippen molar-refractivity contribution in [3.63, 3.8) is 0 Å².